The van der Waals surface area contributed by atoms with Gasteiger partial charge < -0.3 is 14.8 Å². The predicted molar refractivity (Wildman–Crippen MR) is 133 cm³/mol. The van der Waals surface area contributed by atoms with Gasteiger partial charge >= 0.3 is 0 Å². The first-order chi connectivity index (χ1) is 15.9. The minimum Gasteiger partial charge on any atom is -0.356 e. The van der Waals surface area contributed by atoms with E-state index in [4.69, 9.17) is 0 Å². The van der Waals surface area contributed by atoms with Gasteiger partial charge in [-0.2, -0.15) is 0 Å². The number of hydrogen-bond acceptors (Lipinski definition) is 5. The number of nitrogens with one attached hydrogen (secondary N) is 1. The Bertz CT molecular complexity index is 925. The molecule has 1 saturated heterocycles. The lowest BCUT2D eigenvalue weighted by atomic mass is 10.1. The van der Waals surface area contributed by atoms with Crippen molar-refractivity contribution < 1.29 is 9.59 Å². The maximum atomic E-state index is 12.7. The van der Waals surface area contributed by atoms with E-state index in [-0.39, 0.29) is 24.2 Å². The van der Waals surface area contributed by atoms with Crippen LogP contribution in [-0.2, 0) is 29.0 Å². The maximum Gasteiger partial charge on any atom is 0.227 e. The molecule has 0 aliphatic carbocycles. The van der Waals surface area contributed by atoms with E-state index in [1.807, 2.05) is 18.4 Å². The lowest BCUT2D eigenvalue weighted by molar-refractivity contribution is -0.126. The number of thioether (sulfide) groups is 1. The van der Waals surface area contributed by atoms with Crippen LogP contribution in [0.1, 0.15) is 57.8 Å². The number of unbranched alkanes of at least 4 members (excludes halogenated alkanes) is 1. The topological polar surface area (TPSA) is 80.1 Å². The van der Waals surface area contributed by atoms with Gasteiger partial charge in [0.25, 0.3) is 0 Å². The lowest BCUT2D eigenvalue weighted by Gasteiger charge is -2.17. The van der Waals surface area contributed by atoms with E-state index in [2.05, 4.69) is 53.0 Å². The Balaban J connectivity index is 1.47. The van der Waals surface area contributed by atoms with Gasteiger partial charge in [-0.1, -0.05) is 51.1 Å². The summed E-state index contributed by atoms with van der Waals surface area (Å²) in [5.74, 6) is 1.15. The third-order valence-electron chi connectivity index (χ3n) is 5.96. The highest BCUT2D eigenvalue weighted by Gasteiger charge is 2.34. The van der Waals surface area contributed by atoms with Gasteiger partial charge in [0.1, 0.15) is 5.82 Å². The Labute approximate surface area is 201 Å². The Hall–Kier alpha value is -2.35. The molecular formula is C25H37N5O2S. The Morgan fingerprint density at radius 3 is 2.61 bits per heavy atom. The normalized spacial score (nSPS) is 16.1. The molecule has 7 nitrogen and oxygen atoms in total. The molecule has 1 fully saturated rings. The molecule has 8 heteroatoms. The average Bonchev–Trinajstić information content (AvgIpc) is 3.38. The number of amides is 2. The van der Waals surface area contributed by atoms with Crippen LogP contribution in [0.3, 0.4) is 0 Å². The average molecular weight is 472 g/mol. The van der Waals surface area contributed by atoms with Crippen LogP contribution in [0.15, 0.2) is 29.4 Å². The Morgan fingerprint density at radius 1 is 1.18 bits per heavy atom. The molecule has 2 heterocycles. The molecule has 0 saturated carbocycles. The standard InChI is InChI=1S/C25H37N5O2S/c1-5-6-8-19-10-12-21(13-11-19)29-17-20(15-23(29)31)24(32)26-14-7-9-22-27-28-25(33-4)30(22)16-18(2)3/h10-13,18,20H,5-9,14-17H2,1-4H3,(H,26,32). The molecule has 0 bridgehead atoms. The third-order valence-corrected chi connectivity index (χ3v) is 6.63. The number of rotatable bonds is 12. The van der Waals surface area contributed by atoms with Crippen LogP contribution >= 0.6 is 11.8 Å². The largest absolute Gasteiger partial charge is 0.356 e. The first-order valence-corrected chi connectivity index (χ1v) is 13.3. The van der Waals surface area contributed by atoms with Crippen molar-refractivity contribution in [2.75, 3.05) is 24.2 Å². The van der Waals surface area contributed by atoms with E-state index in [0.29, 0.717) is 19.0 Å². The van der Waals surface area contributed by atoms with Gasteiger partial charge in [0.15, 0.2) is 5.16 Å². The number of carbonyl (C=O) groups is 2. The zero-order valence-electron chi connectivity index (χ0n) is 20.3. The van der Waals surface area contributed by atoms with Crippen LogP contribution in [0.2, 0.25) is 0 Å². The number of aromatic nitrogens is 3. The summed E-state index contributed by atoms with van der Waals surface area (Å²) in [7, 11) is 0. The molecule has 2 amide bonds. The van der Waals surface area contributed by atoms with Gasteiger partial charge in [0.2, 0.25) is 11.8 Å². The van der Waals surface area contributed by atoms with Crippen LogP contribution in [0.4, 0.5) is 5.69 Å². The van der Waals surface area contributed by atoms with Crippen molar-refractivity contribution in [2.24, 2.45) is 11.8 Å². The molecule has 1 aliphatic heterocycles. The maximum absolute atomic E-state index is 12.7. The van der Waals surface area contributed by atoms with Crippen LogP contribution < -0.4 is 10.2 Å². The second kappa shape index (κ2) is 12.2. The first kappa shape index (κ1) is 25.3. The van der Waals surface area contributed by atoms with E-state index in [1.165, 1.54) is 18.4 Å². The molecule has 0 spiro atoms. The highest BCUT2D eigenvalue weighted by atomic mass is 32.2. The molecule has 0 radical (unpaired) electrons. The number of benzene rings is 1. The van der Waals surface area contributed by atoms with Gasteiger partial charge in [0, 0.05) is 38.2 Å². The molecule has 1 N–H and O–H groups in total. The predicted octanol–water partition coefficient (Wildman–Crippen LogP) is 4.10. The summed E-state index contributed by atoms with van der Waals surface area (Å²) in [4.78, 5) is 27.0. The summed E-state index contributed by atoms with van der Waals surface area (Å²) in [6.45, 7) is 8.45. The van der Waals surface area contributed by atoms with Crippen LogP contribution in [-0.4, -0.2) is 45.9 Å². The fraction of sp³-hybridized carbons (Fsp3) is 0.600. The van der Waals surface area contributed by atoms with Crippen molar-refractivity contribution >= 4 is 29.3 Å². The zero-order valence-corrected chi connectivity index (χ0v) is 21.2. The first-order valence-electron chi connectivity index (χ1n) is 12.1. The van der Waals surface area contributed by atoms with E-state index < -0.39 is 0 Å². The van der Waals surface area contributed by atoms with Crippen LogP contribution in [0.5, 0.6) is 0 Å². The molecule has 33 heavy (non-hydrogen) atoms. The van der Waals surface area contributed by atoms with Crippen molar-refractivity contribution in [1.82, 2.24) is 20.1 Å². The SMILES string of the molecule is CCCCc1ccc(N2CC(C(=O)NCCCc3nnc(SC)n3CC(C)C)CC2=O)cc1. The van der Waals surface area contributed by atoms with E-state index in [9.17, 15) is 9.59 Å². The van der Waals surface area contributed by atoms with E-state index in [0.717, 1.165) is 42.5 Å². The van der Waals surface area contributed by atoms with E-state index >= 15 is 0 Å². The number of nitrogens with zero attached hydrogens (tertiary/aromatic N) is 4. The van der Waals surface area contributed by atoms with Crippen LogP contribution in [0, 0.1) is 11.8 Å². The van der Waals surface area contributed by atoms with Crippen LogP contribution in [0.25, 0.3) is 0 Å². The number of anilines is 1. The van der Waals surface area contributed by atoms with Crippen molar-refractivity contribution in [3.05, 3.63) is 35.7 Å². The van der Waals surface area contributed by atoms with Gasteiger partial charge in [-0.3, -0.25) is 9.59 Å². The summed E-state index contributed by atoms with van der Waals surface area (Å²) in [6.07, 6.45) is 7.23. The van der Waals surface area contributed by atoms with E-state index in [1.54, 1.807) is 16.7 Å². The molecule has 1 unspecified atom stereocenters. The van der Waals surface area contributed by atoms with Crippen molar-refractivity contribution in [2.45, 2.75) is 71.0 Å². The van der Waals surface area contributed by atoms with Crippen molar-refractivity contribution in [3.63, 3.8) is 0 Å². The van der Waals surface area contributed by atoms with Gasteiger partial charge in [-0.15, -0.1) is 10.2 Å². The number of carbonyl (C=O) groups excluding carboxylic acids is 2. The Kier molecular flexibility index (Phi) is 9.35. The summed E-state index contributed by atoms with van der Waals surface area (Å²) < 4.78 is 2.18. The molecule has 180 valence electrons. The second-order valence-electron chi connectivity index (χ2n) is 9.18. The Morgan fingerprint density at radius 2 is 1.94 bits per heavy atom. The number of aryl methyl sites for hydroxylation is 2. The van der Waals surface area contributed by atoms with Gasteiger partial charge in [0.05, 0.1) is 5.92 Å². The smallest absolute Gasteiger partial charge is 0.227 e. The summed E-state index contributed by atoms with van der Waals surface area (Å²) in [5.41, 5.74) is 2.17. The quantitative estimate of drug-likeness (QED) is 0.372. The molecule has 1 aliphatic rings. The monoisotopic (exact) mass is 471 g/mol. The molecule has 3 rings (SSSR count). The highest BCUT2D eigenvalue weighted by Crippen LogP contribution is 2.26. The summed E-state index contributed by atoms with van der Waals surface area (Å²) in [5, 5.41) is 12.6. The lowest BCUT2D eigenvalue weighted by Crippen LogP contribution is -2.33. The molecular weight excluding hydrogens is 434 g/mol. The summed E-state index contributed by atoms with van der Waals surface area (Å²) in [6, 6.07) is 8.18. The molecule has 2 aromatic rings. The zero-order chi connectivity index (χ0) is 23.8. The van der Waals surface area contributed by atoms with Gasteiger partial charge in [-0.25, -0.2) is 0 Å². The molecule has 1 aromatic carbocycles. The third kappa shape index (κ3) is 6.82. The minimum atomic E-state index is -0.301. The van der Waals surface area contributed by atoms with Gasteiger partial charge in [-0.05, 0) is 49.1 Å². The molecule has 1 atom stereocenters. The fourth-order valence-corrected chi connectivity index (χ4v) is 4.68. The second-order valence-corrected chi connectivity index (χ2v) is 9.95. The number of hydrogen-bond donors (Lipinski definition) is 1. The molecule has 1 aromatic heterocycles. The fourth-order valence-electron chi connectivity index (χ4n) is 4.16. The minimum absolute atomic E-state index is 0.0165. The summed E-state index contributed by atoms with van der Waals surface area (Å²) >= 11 is 1.60. The van der Waals surface area contributed by atoms with Crippen molar-refractivity contribution in [1.29, 1.82) is 0 Å². The van der Waals surface area contributed by atoms with Crippen molar-refractivity contribution in [3.8, 4) is 0 Å². The highest BCUT2D eigenvalue weighted by molar-refractivity contribution is 7.98.